The molecule has 6 nitrogen and oxygen atoms in total. The normalized spacial score (nSPS) is 10.5. The number of hydrogen-bond acceptors (Lipinski definition) is 6. The summed E-state index contributed by atoms with van der Waals surface area (Å²) in [5.74, 6) is 1.46. The van der Waals surface area contributed by atoms with Crippen LogP contribution in [0.1, 0.15) is 27.2 Å². The van der Waals surface area contributed by atoms with Gasteiger partial charge in [-0.3, -0.25) is 5.10 Å². The zero-order valence-electron chi connectivity index (χ0n) is 14.6. The van der Waals surface area contributed by atoms with E-state index in [1.807, 2.05) is 42.8 Å². The highest BCUT2D eigenvalue weighted by Gasteiger charge is 2.09. The lowest BCUT2D eigenvalue weighted by Crippen LogP contribution is -2.04. The molecule has 0 spiro atoms. The summed E-state index contributed by atoms with van der Waals surface area (Å²) >= 11 is 1.63. The van der Waals surface area contributed by atoms with E-state index in [9.17, 15) is 0 Å². The van der Waals surface area contributed by atoms with Gasteiger partial charge < -0.3 is 10.6 Å². The minimum Gasteiger partial charge on any atom is -0.354 e. The Kier molecular flexibility index (Phi) is 5.45. The molecule has 0 aliphatic carbocycles. The Bertz CT molecular complexity index is 958. The summed E-state index contributed by atoms with van der Waals surface area (Å²) < 4.78 is 1.05. The van der Waals surface area contributed by atoms with Crippen molar-refractivity contribution in [3.8, 4) is 0 Å². The summed E-state index contributed by atoms with van der Waals surface area (Å²) in [5, 5.41) is 16.6. The number of nitrogens with one attached hydrogen (secondary N) is 3. The highest BCUT2D eigenvalue weighted by atomic mass is 32.1. The SMILES string of the molecule is CCC.CCNc1nc(Nc2ccc3[nH]ncc3c2)c2sccc2n1. The van der Waals surface area contributed by atoms with Gasteiger partial charge in [-0.1, -0.05) is 20.3 Å². The summed E-state index contributed by atoms with van der Waals surface area (Å²) in [6.07, 6.45) is 3.06. The molecule has 3 heterocycles. The lowest BCUT2D eigenvalue weighted by molar-refractivity contribution is 1.09. The van der Waals surface area contributed by atoms with Gasteiger partial charge in [0.2, 0.25) is 5.95 Å². The molecule has 7 heteroatoms. The van der Waals surface area contributed by atoms with Crippen molar-refractivity contribution in [2.75, 3.05) is 17.2 Å². The van der Waals surface area contributed by atoms with Crippen molar-refractivity contribution in [2.24, 2.45) is 0 Å². The Balaban J connectivity index is 0.000000569. The van der Waals surface area contributed by atoms with E-state index in [0.29, 0.717) is 5.95 Å². The zero-order chi connectivity index (χ0) is 17.6. The molecule has 0 aliphatic heterocycles. The molecule has 4 aromatic rings. The maximum Gasteiger partial charge on any atom is 0.225 e. The minimum atomic E-state index is 0.639. The Morgan fingerprint density at radius 2 is 1.96 bits per heavy atom. The summed E-state index contributed by atoms with van der Waals surface area (Å²) in [5.41, 5.74) is 2.94. The second-order valence-corrected chi connectivity index (χ2v) is 6.48. The quantitative estimate of drug-likeness (QED) is 0.472. The molecule has 0 unspecified atom stereocenters. The predicted octanol–water partition coefficient (Wildman–Crippen LogP) is 5.16. The lowest BCUT2D eigenvalue weighted by Gasteiger charge is -2.09. The van der Waals surface area contributed by atoms with Gasteiger partial charge in [0.25, 0.3) is 0 Å². The second kappa shape index (κ2) is 7.94. The van der Waals surface area contributed by atoms with Gasteiger partial charge in [-0.2, -0.15) is 10.1 Å². The number of fused-ring (bicyclic) bond motifs is 2. The first-order valence-electron chi connectivity index (χ1n) is 8.44. The molecule has 25 heavy (non-hydrogen) atoms. The largest absolute Gasteiger partial charge is 0.354 e. The standard InChI is InChI=1S/C15H14N6S.C3H8/c1-2-16-15-19-12-5-6-22-13(12)14(20-15)18-10-3-4-11-9(7-10)8-17-21-11;1-3-2/h3-8H,2H2,1H3,(H,17,21)(H2,16,18,19,20);3H2,1-2H3. The molecule has 0 fully saturated rings. The second-order valence-electron chi connectivity index (χ2n) is 5.57. The van der Waals surface area contributed by atoms with Gasteiger partial charge in [0.05, 0.1) is 21.9 Å². The van der Waals surface area contributed by atoms with Crippen molar-refractivity contribution in [3.63, 3.8) is 0 Å². The number of thiophene rings is 1. The summed E-state index contributed by atoms with van der Waals surface area (Å²) in [6.45, 7) is 7.07. The van der Waals surface area contributed by atoms with Crippen LogP contribution in [0.2, 0.25) is 0 Å². The van der Waals surface area contributed by atoms with E-state index in [1.54, 1.807) is 11.3 Å². The molecule has 0 aliphatic rings. The molecular formula is C18H22N6S. The van der Waals surface area contributed by atoms with Gasteiger partial charge in [0.1, 0.15) is 0 Å². The summed E-state index contributed by atoms with van der Waals surface area (Å²) in [4.78, 5) is 9.08. The molecule has 3 aromatic heterocycles. The highest BCUT2D eigenvalue weighted by Crippen LogP contribution is 2.30. The first-order valence-corrected chi connectivity index (χ1v) is 9.32. The fourth-order valence-electron chi connectivity index (χ4n) is 2.34. The molecule has 0 saturated heterocycles. The van der Waals surface area contributed by atoms with Crippen LogP contribution in [0.25, 0.3) is 21.1 Å². The van der Waals surface area contributed by atoms with Crippen molar-refractivity contribution in [1.82, 2.24) is 20.2 Å². The Hall–Kier alpha value is -2.67. The van der Waals surface area contributed by atoms with Gasteiger partial charge in [0, 0.05) is 17.6 Å². The van der Waals surface area contributed by atoms with Crippen LogP contribution in [0.3, 0.4) is 0 Å². The van der Waals surface area contributed by atoms with Crippen molar-refractivity contribution in [1.29, 1.82) is 0 Å². The highest BCUT2D eigenvalue weighted by molar-refractivity contribution is 7.17. The Labute approximate surface area is 150 Å². The van der Waals surface area contributed by atoms with Crippen molar-refractivity contribution >= 4 is 49.9 Å². The zero-order valence-corrected chi connectivity index (χ0v) is 15.4. The summed E-state index contributed by atoms with van der Waals surface area (Å²) in [7, 11) is 0. The molecule has 1 aromatic carbocycles. The molecule has 4 rings (SSSR count). The van der Waals surface area contributed by atoms with Crippen molar-refractivity contribution in [3.05, 3.63) is 35.8 Å². The number of rotatable bonds is 4. The smallest absolute Gasteiger partial charge is 0.225 e. The van der Waals surface area contributed by atoms with E-state index >= 15 is 0 Å². The third kappa shape index (κ3) is 3.88. The first-order chi connectivity index (χ1) is 12.2. The summed E-state index contributed by atoms with van der Waals surface area (Å²) in [6, 6.07) is 8.07. The number of benzene rings is 1. The monoisotopic (exact) mass is 354 g/mol. The molecule has 0 atom stereocenters. The first kappa shape index (κ1) is 17.2. The third-order valence-electron chi connectivity index (χ3n) is 3.34. The minimum absolute atomic E-state index is 0.639. The average molecular weight is 354 g/mol. The van der Waals surface area contributed by atoms with Crippen LogP contribution < -0.4 is 10.6 Å². The van der Waals surface area contributed by atoms with Crippen LogP contribution in [0.5, 0.6) is 0 Å². The van der Waals surface area contributed by atoms with Gasteiger partial charge >= 0.3 is 0 Å². The third-order valence-corrected chi connectivity index (χ3v) is 4.25. The molecule has 0 amide bonds. The number of aromatic amines is 1. The fourth-order valence-corrected chi connectivity index (χ4v) is 3.12. The molecule has 3 N–H and O–H groups in total. The van der Waals surface area contributed by atoms with Gasteiger partial charge in [-0.15, -0.1) is 11.3 Å². The van der Waals surface area contributed by atoms with E-state index in [1.165, 1.54) is 6.42 Å². The predicted molar refractivity (Wildman–Crippen MR) is 107 cm³/mol. The number of H-pyrrole nitrogens is 1. The van der Waals surface area contributed by atoms with Crippen LogP contribution in [0, 0.1) is 0 Å². The van der Waals surface area contributed by atoms with Crippen LogP contribution in [-0.4, -0.2) is 26.7 Å². The van der Waals surface area contributed by atoms with Gasteiger partial charge in [-0.05, 0) is 36.6 Å². The van der Waals surface area contributed by atoms with Crippen molar-refractivity contribution in [2.45, 2.75) is 27.2 Å². The van der Waals surface area contributed by atoms with E-state index in [4.69, 9.17) is 0 Å². The fraction of sp³-hybridized carbons (Fsp3) is 0.278. The maximum atomic E-state index is 4.58. The van der Waals surface area contributed by atoms with Gasteiger partial charge in [0.15, 0.2) is 5.82 Å². The van der Waals surface area contributed by atoms with Crippen LogP contribution in [0.4, 0.5) is 17.5 Å². The van der Waals surface area contributed by atoms with Crippen LogP contribution in [0.15, 0.2) is 35.8 Å². The maximum absolute atomic E-state index is 4.58. The molecule has 0 bridgehead atoms. The average Bonchev–Trinajstić information content (AvgIpc) is 3.24. The number of hydrogen-bond donors (Lipinski definition) is 3. The Morgan fingerprint density at radius 1 is 1.12 bits per heavy atom. The van der Waals surface area contributed by atoms with Crippen LogP contribution >= 0.6 is 11.3 Å². The van der Waals surface area contributed by atoms with E-state index < -0.39 is 0 Å². The van der Waals surface area contributed by atoms with Crippen molar-refractivity contribution < 1.29 is 0 Å². The molecule has 130 valence electrons. The van der Waals surface area contributed by atoms with E-state index in [2.05, 4.69) is 44.6 Å². The molecular weight excluding hydrogens is 332 g/mol. The molecule has 0 saturated carbocycles. The molecule has 0 radical (unpaired) electrons. The lowest BCUT2D eigenvalue weighted by atomic mass is 10.2. The van der Waals surface area contributed by atoms with E-state index in [0.717, 1.165) is 39.2 Å². The topological polar surface area (TPSA) is 78.5 Å². The van der Waals surface area contributed by atoms with Crippen LogP contribution in [-0.2, 0) is 0 Å². The number of anilines is 3. The number of nitrogens with zero attached hydrogens (tertiary/aromatic N) is 3. The number of aromatic nitrogens is 4. The Morgan fingerprint density at radius 3 is 2.76 bits per heavy atom. The van der Waals surface area contributed by atoms with E-state index in [-0.39, 0.29) is 0 Å². The van der Waals surface area contributed by atoms with Gasteiger partial charge in [-0.25, -0.2) is 4.98 Å².